The molecule has 3 aliphatic rings. The minimum atomic E-state index is -0.502. The maximum Gasteiger partial charge on any atom is 0.167 e. The van der Waals surface area contributed by atoms with Crippen molar-refractivity contribution >= 4 is 65.8 Å². The molecule has 0 saturated heterocycles. The Kier molecular flexibility index (Phi) is 20.3. The summed E-state index contributed by atoms with van der Waals surface area (Å²) in [6.07, 6.45) is 21.8. The van der Waals surface area contributed by atoms with E-state index in [2.05, 4.69) is 86.1 Å². The number of imidazole rings is 3. The second-order valence-corrected chi connectivity index (χ2v) is 27.9. The number of benzene rings is 6. The molecule has 4 atom stereocenters. The summed E-state index contributed by atoms with van der Waals surface area (Å²) in [7, 11) is 1.58. The fourth-order valence-electron chi connectivity index (χ4n) is 15.9. The van der Waals surface area contributed by atoms with Crippen LogP contribution in [0.5, 0.6) is 11.5 Å². The minimum Gasteiger partial charge on any atom is -0.491 e. The molecule has 16 rings (SSSR count). The summed E-state index contributed by atoms with van der Waals surface area (Å²) in [5, 5.41) is 16.6. The Labute approximate surface area is 578 Å². The fraction of sp³-hybridized carbons (Fsp3) is 0.370. The number of H-pyrrole nitrogens is 3. The Morgan fingerprint density at radius 3 is 1.33 bits per heavy atom. The Morgan fingerprint density at radius 2 is 0.890 bits per heavy atom. The van der Waals surface area contributed by atoms with Crippen LogP contribution in [-0.2, 0) is 4.74 Å². The van der Waals surface area contributed by atoms with Crippen LogP contribution in [0, 0.1) is 41.0 Å². The Balaban J connectivity index is 0.000000128. The molecule has 0 aliphatic heterocycles. The molecular formula is C81H85F4N11O4. The number of aliphatic hydroxyl groups excluding tert-OH is 1. The molecule has 0 bridgehead atoms. The lowest BCUT2D eigenvalue weighted by Crippen LogP contribution is -2.19. The van der Waals surface area contributed by atoms with Gasteiger partial charge in [-0.25, -0.2) is 37.2 Å². The molecule has 15 nitrogen and oxygen atoms in total. The number of ether oxygens (including phenoxy) is 3. The molecule has 3 fully saturated rings. The number of aromatic amines is 3. The van der Waals surface area contributed by atoms with Gasteiger partial charge < -0.3 is 34.3 Å². The van der Waals surface area contributed by atoms with Crippen LogP contribution in [0.2, 0.25) is 0 Å². The number of halogens is 4. The quantitative estimate of drug-likeness (QED) is 0.0501. The second-order valence-electron chi connectivity index (χ2n) is 27.9. The summed E-state index contributed by atoms with van der Waals surface area (Å²) in [5.74, 6) is 6.64. The number of hydrogen-bond acceptors (Lipinski definition) is 11. The summed E-state index contributed by atoms with van der Waals surface area (Å²) in [6.45, 7) is 9.39. The lowest BCUT2D eigenvalue weighted by Gasteiger charge is -2.32. The molecular weight excluding hydrogens is 1270 g/mol. The fourth-order valence-corrected chi connectivity index (χ4v) is 15.9. The lowest BCUT2D eigenvalue weighted by atomic mass is 9.73. The van der Waals surface area contributed by atoms with Crippen LogP contribution in [0.15, 0.2) is 158 Å². The van der Waals surface area contributed by atoms with Gasteiger partial charge in [-0.1, -0.05) is 20.8 Å². The Bertz CT molecular complexity index is 4950. The van der Waals surface area contributed by atoms with E-state index in [0.717, 1.165) is 161 Å². The van der Waals surface area contributed by atoms with Gasteiger partial charge in [0, 0.05) is 90.2 Å². The third kappa shape index (κ3) is 15.0. The van der Waals surface area contributed by atoms with Crippen molar-refractivity contribution in [2.24, 2.45) is 17.8 Å². The summed E-state index contributed by atoms with van der Waals surface area (Å²) in [4.78, 5) is 38.1. The van der Waals surface area contributed by atoms with Crippen molar-refractivity contribution in [3.63, 3.8) is 0 Å². The number of nitrogens with one attached hydrogen (secondary N) is 3. The largest absolute Gasteiger partial charge is 0.491 e. The van der Waals surface area contributed by atoms with Crippen molar-refractivity contribution in [1.82, 2.24) is 54.6 Å². The number of methoxy groups -OCH3 is 1. The Morgan fingerprint density at radius 1 is 0.460 bits per heavy atom. The van der Waals surface area contributed by atoms with Gasteiger partial charge >= 0.3 is 0 Å². The van der Waals surface area contributed by atoms with Gasteiger partial charge in [0.2, 0.25) is 0 Å². The van der Waals surface area contributed by atoms with E-state index >= 15 is 0 Å². The number of aliphatic hydroxyl groups is 1. The highest BCUT2D eigenvalue weighted by atomic mass is 19.1. The number of hydrogen-bond donors (Lipinski definition) is 4. The number of aromatic nitrogens is 11. The molecule has 0 spiro atoms. The monoisotopic (exact) mass is 1350 g/mol. The van der Waals surface area contributed by atoms with Gasteiger partial charge in [-0.05, 0) is 245 Å². The zero-order valence-corrected chi connectivity index (χ0v) is 57.2. The van der Waals surface area contributed by atoms with Gasteiger partial charge in [-0.3, -0.25) is 15.0 Å². The van der Waals surface area contributed by atoms with E-state index in [1.165, 1.54) is 41.0 Å². The summed E-state index contributed by atoms with van der Waals surface area (Å²) < 4.78 is 74.0. The topological polar surface area (TPSA) is 190 Å². The average molecular weight is 1350 g/mol. The van der Waals surface area contributed by atoms with E-state index in [1.807, 2.05) is 59.8 Å². The van der Waals surface area contributed by atoms with Gasteiger partial charge in [0.1, 0.15) is 53.9 Å². The van der Waals surface area contributed by atoms with Crippen molar-refractivity contribution in [1.29, 1.82) is 0 Å². The van der Waals surface area contributed by atoms with Crippen molar-refractivity contribution < 1.29 is 36.9 Å². The average Bonchev–Trinajstić information content (AvgIpc) is 1.25. The second kappa shape index (κ2) is 30.1. The first-order chi connectivity index (χ1) is 48.7. The van der Waals surface area contributed by atoms with Gasteiger partial charge in [0.05, 0.1) is 68.0 Å². The van der Waals surface area contributed by atoms with E-state index < -0.39 is 11.9 Å². The van der Waals surface area contributed by atoms with E-state index in [4.69, 9.17) is 29.2 Å². The minimum absolute atomic E-state index is 0.191. The van der Waals surface area contributed by atoms with Gasteiger partial charge in [-0.15, -0.1) is 0 Å². The molecule has 7 heterocycles. The van der Waals surface area contributed by atoms with Crippen molar-refractivity contribution in [2.45, 2.75) is 146 Å². The van der Waals surface area contributed by atoms with Crippen LogP contribution < -0.4 is 9.47 Å². The van der Waals surface area contributed by atoms with E-state index in [-0.39, 0.29) is 42.3 Å². The molecule has 516 valence electrons. The standard InChI is InChI=1S/C27H29F2N3O2.C27H26FN5.C27H30FN3O2/c1-16(27-31-24-14-22(29)26(15-25(24)32-27)34-12-11-33-2)17-3-5-18(6-4-17)20-9-10-30-23-8-7-19(28)13-21(20)23;1-17(27-31-25-10-8-21(16-26(25)32-27)33-14-2-12-30-33)18-3-5-19(6-4-18)22-11-13-29-24-9-7-20(28)15-23(22)24;1-16(32)15-33-21-8-10-25-26(14-21)31-27(30-25)17(2)18-3-5-19(6-4-18)22-11-12-29-24-9-7-20(28)13-23(22)24/h7-10,13-18H,3-6,11-12H2,1-2H3,(H,31,32);2,7-19H,3-6H2,1H3,(H,31,32);7-14,16-19,32H,3-6,15H2,1-2H3,(H,30,31)/t16-,17?,18?;17-,18?,19?;16?,17-,18?,19?/m111/s1. The summed E-state index contributed by atoms with van der Waals surface area (Å²) >= 11 is 0. The highest BCUT2D eigenvalue weighted by molar-refractivity contribution is 5.85. The Hall–Kier alpha value is -9.59. The number of rotatable bonds is 17. The molecule has 13 aromatic rings. The molecule has 3 aliphatic carbocycles. The zero-order chi connectivity index (χ0) is 69.0. The van der Waals surface area contributed by atoms with Gasteiger partial charge in [0.25, 0.3) is 0 Å². The molecule has 1 unspecified atom stereocenters. The lowest BCUT2D eigenvalue weighted by molar-refractivity contribution is 0.123. The van der Waals surface area contributed by atoms with Gasteiger partial charge in [0.15, 0.2) is 11.6 Å². The highest BCUT2D eigenvalue weighted by Gasteiger charge is 2.33. The third-order valence-corrected chi connectivity index (χ3v) is 21.6. The molecule has 0 amide bonds. The molecule has 19 heteroatoms. The summed E-state index contributed by atoms with van der Waals surface area (Å²) in [6, 6.07) is 37.8. The van der Waals surface area contributed by atoms with Crippen LogP contribution in [0.3, 0.4) is 0 Å². The molecule has 3 saturated carbocycles. The highest BCUT2D eigenvalue weighted by Crippen LogP contribution is 2.47. The van der Waals surface area contributed by atoms with Crippen LogP contribution in [0.4, 0.5) is 17.6 Å². The van der Waals surface area contributed by atoms with Crippen LogP contribution in [-0.4, -0.2) is 92.8 Å². The third-order valence-electron chi connectivity index (χ3n) is 21.6. The van der Waals surface area contributed by atoms with Crippen LogP contribution in [0.1, 0.15) is 174 Å². The first kappa shape index (κ1) is 67.6. The maximum absolute atomic E-state index is 14.4. The van der Waals surface area contributed by atoms with Crippen molar-refractivity contribution in [2.75, 3.05) is 26.9 Å². The van der Waals surface area contributed by atoms with Crippen molar-refractivity contribution in [3.05, 3.63) is 216 Å². The molecule has 6 aromatic carbocycles. The zero-order valence-electron chi connectivity index (χ0n) is 57.2. The van der Waals surface area contributed by atoms with Crippen LogP contribution in [0.25, 0.3) is 71.5 Å². The predicted molar refractivity (Wildman–Crippen MR) is 384 cm³/mol. The van der Waals surface area contributed by atoms with Gasteiger partial charge in [-0.2, -0.15) is 5.10 Å². The van der Waals surface area contributed by atoms with Crippen LogP contribution >= 0.6 is 0 Å². The number of pyridine rings is 3. The molecule has 4 N–H and O–H groups in total. The maximum atomic E-state index is 14.4. The molecule has 0 radical (unpaired) electrons. The SMILES string of the molecule is CC(O)COc1ccc2nc([C@H](C)C3CCC(c4ccnc5ccc(F)cc45)CC3)[nH]c2c1.COCCOc1cc2nc([C@H](C)C3CCC(c4ccnc5ccc(F)cc45)CC3)[nH]c2cc1F.C[C@@H](c1nc2ccc(-n3cccn3)cc2[nH]1)C1CCC(c2ccnc3ccc(F)cc23)CC1. The van der Waals surface area contributed by atoms with E-state index in [0.29, 0.717) is 65.0 Å². The normalized spacial score (nSPS) is 20.0. The summed E-state index contributed by atoms with van der Waals surface area (Å²) in [5.41, 5.74) is 12.6. The number of nitrogens with zero attached hydrogens (tertiary/aromatic N) is 8. The van der Waals surface area contributed by atoms with E-state index in [1.54, 1.807) is 62.7 Å². The molecule has 100 heavy (non-hydrogen) atoms. The van der Waals surface area contributed by atoms with E-state index in [9.17, 15) is 22.7 Å². The van der Waals surface area contributed by atoms with Crippen molar-refractivity contribution in [3.8, 4) is 17.2 Å². The smallest absolute Gasteiger partial charge is 0.167 e. The first-order valence-corrected chi connectivity index (χ1v) is 35.4. The first-order valence-electron chi connectivity index (χ1n) is 35.4. The predicted octanol–water partition coefficient (Wildman–Crippen LogP) is 19.1. The molecule has 7 aromatic heterocycles. The number of fused-ring (bicyclic) bond motifs is 6.